The Morgan fingerprint density at radius 1 is 0.375 bits per heavy atom. The van der Waals surface area contributed by atoms with Gasteiger partial charge < -0.3 is 14.2 Å². The molecule has 1 unspecified atom stereocenters. The first kappa shape index (κ1) is 60.8. The molecule has 5 heteroatoms. The van der Waals surface area contributed by atoms with E-state index in [1.165, 1.54) is 128 Å². The Labute approximate surface area is 396 Å². The molecule has 0 aromatic carbocycles. The summed E-state index contributed by atoms with van der Waals surface area (Å²) in [5.41, 5.74) is 0. The molecule has 0 saturated heterocycles. The predicted octanol–water partition coefficient (Wildman–Crippen LogP) is 18.2. The number of ether oxygens (including phenoxy) is 3. The number of carbonyl (C=O) groups excluding carboxylic acids is 2. The molecule has 0 amide bonds. The van der Waals surface area contributed by atoms with E-state index >= 15 is 0 Å². The summed E-state index contributed by atoms with van der Waals surface area (Å²) in [6.45, 7) is 7.49. The van der Waals surface area contributed by atoms with Crippen molar-refractivity contribution in [2.45, 2.75) is 245 Å². The molecule has 0 bridgehead atoms. The molecule has 366 valence electrons. The Morgan fingerprint density at radius 2 is 0.750 bits per heavy atom. The minimum absolute atomic E-state index is 0.0257. The van der Waals surface area contributed by atoms with Crippen molar-refractivity contribution in [3.8, 4) is 0 Å². The van der Waals surface area contributed by atoms with Crippen LogP contribution in [0.2, 0.25) is 0 Å². The zero-order valence-corrected chi connectivity index (χ0v) is 42.0. The van der Waals surface area contributed by atoms with Gasteiger partial charge in [0.25, 0.3) is 0 Å². The Bertz CT molecular complexity index is 1230. The van der Waals surface area contributed by atoms with Crippen LogP contribution in [0.25, 0.3) is 0 Å². The van der Waals surface area contributed by atoms with E-state index in [4.69, 9.17) is 14.2 Å². The van der Waals surface area contributed by atoms with Crippen LogP contribution in [0.3, 0.4) is 0 Å². The SMILES string of the molecule is CC/C=C\C/C=C\C/C=C\C/C=C\C/C=C\CC(=O)OCC(COCCCCCCCCCC/C=C\C/C=C\C/C=C\CC)OC(=O)CCCCCCCCCCCCCCCCC. The smallest absolute Gasteiger partial charge is 0.309 e. The van der Waals surface area contributed by atoms with Gasteiger partial charge in [0.05, 0.1) is 13.0 Å². The molecule has 0 aliphatic carbocycles. The maximum atomic E-state index is 12.8. The number of hydrogen-bond donors (Lipinski definition) is 0. The van der Waals surface area contributed by atoms with Gasteiger partial charge in [-0.3, -0.25) is 9.59 Å². The number of hydrogen-bond acceptors (Lipinski definition) is 5. The molecule has 0 radical (unpaired) electrons. The van der Waals surface area contributed by atoms with Gasteiger partial charge in [0.1, 0.15) is 6.61 Å². The van der Waals surface area contributed by atoms with Gasteiger partial charge in [-0.15, -0.1) is 0 Å². The lowest BCUT2D eigenvalue weighted by atomic mass is 10.0. The summed E-state index contributed by atoms with van der Waals surface area (Å²) in [6.07, 6.45) is 73.0. The Kier molecular flexibility index (Phi) is 51.5. The number of rotatable bonds is 48. The molecule has 0 spiro atoms. The van der Waals surface area contributed by atoms with Crippen molar-refractivity contribution >= 4 is 11.9 Å². The molecular formula is C59H100O5. The van der Waals surface area contributed by atoms with Gasteiger partial charge >= 0.3 is 11.9 Å². The summed E-state index contributed by atoms with van der Waals surface area (Å²) in [7, 11) is 0. The van der Waals surface area contributed by atoms with Crippen molar-refractivity contribution in [2.24, 2.45) is 0 Å². The van der Waals surface area contributed by atoms with Crippen molar-refractivity contribution in [3.05, 3.63) is 97.2 Å². The van der Waals surface area contributed by atoms with Gasteiger partial charge in [-0.05, 0) is 77.0 Å². The van der Waals surface area contributed by atoms with Crippen molar-refractivity contribution in [2.75, 3.05) is 19.8 Å². The van der Waals surface area contributed by atoms with Crippen molar-refractivity contribution < 1.29 is 23.8 Å². The summed E-state index contributed by atoms with van der Waals surface area (Å²) in [4.78, 5) is 25.4. The third-order valence-corrected chi connectivity index (χ3v) is 11.1. The van der Waals surface area contributed by atoms with Gasteiger partial charge in [0.2, 0.25) is 0 Å². The zero-order chi connectivity index (χ0) is 46.3. The molecular weight excluding hydrogens is 789 g/mol. The second-order valence-corrected chi connectivity index (χ2v) is 17.4. The van der Waals surface area contributed by atoms with Crippen LogP contribution in [0.1, 0.15) is 239 Å². The van der Waals surface area contributed by atoms with E-state index in [0.29, 0.717) is 13.0 Å². The molecule has 5 nitrogen and oxygen atoms in total. The standard InChI is InChI=1S/C59H100O5/c1-4-7-10-13-16-19-22-25-28-29-30-33-36-39-42-45-48-51-54-62-55-57(64-59(61)53-50-47-44-41-38-35-32-27-24-21-18-15-12-9-6-3)56-63-58(60)52-49-46-43-40-37-34-31-26-23-20-17-14-11-8-5-2/h7-8,10-11,16-17,19-20,25-26,28,31,37,40,46,49,57H,4-6,9,12-15,18,21-24,27,29-30,32-36,38-39,41-45,47-48,50-56H2,1-3H3/b10-7-,11-8-,19-16-,20-17-,28-25-,31-26-,40-37-,49-46-. The second-order valence-electron chi connectivity index (χ2n) is 17.4. The van der Waals surface area contributed by atoms with Crippen LogP contribution in [0, 0.1) is 0 Å². The number of allylic oxidation sites excluding steroid dienone is 15. The molecule has 0 N–H and O–H groups in total. The lowest BCUT2D eigenvalue weighted by Gasteiger charge is -2.18. The molecule has 0 aliphatic heterocycles. The monoisotopic (exact) mass is 889 g/mol. The first-order chi connectivity index (χ1) is 31.6. The van der Waals surface area contributed by atoms with Crippen molar-refractivity contribution in [3.63, 3.8) is 0 Å². The predicted molar refractivity (Wildman–Crippen MR) is 279 cm³/mol. The number of carbonyl (C=O) groups is 2. The Balaban J connectivity index is 4.39. The summed E-state index contributed by atoms with van der Waals surface area (Å²) in [6, 6.07) is 0. The van der Waals surface area contributed by atoms with E-state index in [-0.39, 0.29) is 31.6 Å². The highest BCUT2D eigenvalue weighted by molar-refractivity contribution is 5.71. The van der Waals surface area contributed by atoms with E-state index in [9.17, 15) is 9.59 Å². The average Bonchev–Trinajstić information content (AvgIpc) is 3.30. The van der Waals surface area contributed by atoms with Gasteiger partial charge in [-0.25, -0.2) is 0 Å². The van der Waals surface area contributed by atoms with Crippen LogP contribution in [0.15, 0.2) is 97.2 Å². The van der Waals surface area contributed by atoms with Crippen LogP contribution < -0.4 is 0 Å². The second kappa shape index (κ2) is 54.2. The fraction of sp³-hybridized carbons (Fsp3) is 0.695. The van der Waals surface area contributed by atoms with Gasteiger partial charge in [0, 0.05) is 13.0 Å². The topological polar surface area (TPSA) is 61.8 Å². The summed E-state index contributed by atoms with van der Waals surface area (Å²) in [5.74, 6) is -0.545. The van der Waals surface area contributed by atoms with E-state index in [1.54, 1.807) is 0 Å². The molecule has 1 atom stereocenters. The summed E-state index contributed by atoms with van der Waals surface area (Å²) in [5, 5.41) is 0. The Hall–Kier alpha value is -3.18. The summed E-state index contributed by atoms with van der Waals surface area (Å²) >= 11 is 0. The van der Waals surface area contributed by atoms with E-state index in [2.05, 4.69) is 106 Å². The van der Waals surface area contributed by atoms with Crippen LogP contribution in [-0.4, -0.2) is 37.9 Å². The molecule has 0 aromatic rings. The third kappa shape index (κ3) is 51.5. The number of unbranched alkanes of at least 4 members (excludes halogenated alkanes) is 22. The van der Waals surface area contributed by atoms with Crippen molar-refractivity contribution in [1.29, 1.82) is 0 Å². The maximum Gasteiger partial charge on any atom is 0.309 e. The van der Waals surface area contributed by atoms with E-state index < -0.39 is 6.10 Å². The summed E-state index contributed by atoms with van der Waals surface area (Å²) < 4.78 is 17.3. The largest absolute Gasteiger partial charge is 0.461 e. The van der Waals surface area contributed by atoms with Gasteiger partial charge in [-0.1, -0.05) is 246 Å². The zero-order valence-electron chi connectivity index (χ0n) is 42.0. The molecule has 64 heavy (non-hydrogen) atoms. The highest BCUT2D eigenvalue weighted by atomic mass is 16.6. The third-order valence-electron chi connectivity index (χ3n) is 11.1. The highest BCUT2D eigenvalue weighted by Gasteiger charge is 2.17. The van der Waals surface area contributed by atoms with Gasteiger partial charge in [0.15, 0.2) is 6.10 Å². The van der Waals surface area contributed by atoms with E-state index in [0.717, 1.165) is 77.0 Å². The quantitative estimate of drug-likeness (QED) is 0.0346. The molecule has 0 aliphatic rings. The molecule has 0 rings (SSSR count). The van der Waals surface area contributed by atoms with Crippen molar-refractivity contribution in [1.82, 2.24) is 0 Å². The fourth-order valence-electron chi connectivity index (χ4n) is 7.25. The lowest BCUT2D eigenvalue weighted by Crippen LogP contribution is -2.30. The first-order valence-corrected chi connectivity index (χ1v) is 26.8. The Morgan fingerprint density at radius 3 is 1.20 bits per heavy atom. The average molecular weight is 889 g/mol. The number of esters is 2. The fourth-order valence-corrected chi connectivity index (χ4v) is 7.25. The normalized spacial score (nSPS) is 13.0. The minimum atomic E-state index is -0.583. The maximum absolute atomic E-state index is 12.8. The lowest BCUT2D eigenvalue weighted by molar-refractivity contribution is -0.162. The van der Waals surface area contributed by atoms with Crippen LogP contribution >= 0.6 is 0 Å². The van der Waals surface area contributed by atoms with E-state index in [1.807, 2.05) is 12.2 Å². The molecule has 0 aromatic heterocycles. The molecule has 0 heterocycles. The highest BCUT2D eigenvalue weighted by Crippen LogP contribution is 2.15. The van der Waals surface area contributed by atoms with Crippen LogP contribution in [0.5, 0.6) is 0 Å². The minimum Gasteiger partial charge on any atom is -0.461 e. The van der Waals surface area contributed by atoms with Gasteiger partial charge in [-0.2, -0.15) is 0 Å². The molecule has 0 fully saturated rings. The molecule has 0 saturated carbocycles. The van der Waals surface area contributed by atoms with Crippen LogP contribution in [0.4, 0.5) is 0 Å². The first-order valence-electron chi connectivity index (χ1n) is 26.8. The van der Waals surface area contributed by atoms with Crippen LogP contribution in [-0.2, 0) is 23.8 Å².